The Morgan fingerprint density at radius 1 is 1.26 bits per heavy atom. The number of hydrogen-bond donors (Lipinski definition) is 2. The van der Waals surface area contributed by atoms with Crippen molar-refractivity contribution >= 4 is 5.96 Å². The fourth-order valence-corrected chi connectivity index (χ4v) is 3.04. The maximum atomic E-state index is 12.4. The van der Waals surface area contributed by atoms with Crippen LogP contribution in [0.2, 0.25) is 0 Å². The zero-order chi connectivity index (χ0) is 19.5. The summed E-state index contributed by atoms with van der Waals surface area (Å²) in [7, 11) is 1.67. The van der Waals surface area contributed by atoms with Crippen molar-refractivity contribution in [2.75, 3.05) is 39.8 Å². The molecule has 1 aromatic carbocycles. The van der Waals surface area contributed by atoms with Crippen molar-refractivity contribution < 1.29 is 17.9 Å². The molecule has 0 amide bonds. The monoisotopic (exact) mass is 386 g/mol. The standard InChI is InChI=1S/C19H29F3N4O/c1-23-18(25-17-9-11-26(13-17)15-19(20,21)22)24-10-5-6-12-27-14-16-7-3-2-4-8-16/h2-4,7-8,17H,5-6,9-15H2,1H3,(H2,23,24,25). The second-order valence-electron chi connectivity index (χ2n) is 6.72. The van der Waals surface area contributed by atoms with Crippen LogP contribution in [-0.4, -0.2) is 62.9 Å². The van der Waals surface area contributed by atoms with E-state index in [2.05, 4.69) is 15.6 Å². The van der Waals surface area contributed by atoms with Gasteiger partial charge < -0.3 is 15.4 Å². The molecule has 1 atom stereocenters. The van der Waals surface area contributed by atoms with Gasteiger partial charge in [-0.05, 0) is 24.8 Å². The largest absolute Gasteiger partial charge is 0.401 e. The van der Waals surface area contributed by atoms with Gasteiger partial charge in [0.25, 0.3) is 0 Å². The maximum Gasteiger partial charge on any atom is 0.401 e. The molecule has 0 spiro atoms. The van der Waals surface area contributed by atoms with E-state index in [1.807, 2.05) is 30.3 Å². The number of benzene rings is 1. The summed E-state index contributed by atoms with van der Waals surface area (Å²) in [5.41, 5.74) is 1.16. The Morgan fingerprint density at radius 3 is 2.74 bits per heavy atom. The summed E-state index contributed by atoms with van der Waals surface area (Å²) in [6.07, 6.45) is -1.60. The molecule has 1 fully saturated rings. The van der Waals surface area contributed by atoms with Gasteiger partial charge in [-0.3, -0.25) is 9.89 Å². The molecule has 0 radical (unpaired) electrons. The number of rotatable bonds is 9. The first-order valence-electron chi connectivity index (χ1n) is 9.34. The lowest BCUT2D eigenvalue weighted by Crippen LogP contribution is -2.45. The number of nitrogens with zero attached hydrogens (tertiary/aromatic N) is 2. The van der Waals surface area contributed by atoms with Crippen LogP contribution in [0.15, 0.2) is 35.3 Å². The molecular weight excluding hydrogens is 357 g/mol. The van der Waals surface area contributed by atoms with E-state index < -0.39 is 12.7 Å². The minimum atomic E-state index is -4.14. The lowest BCUT2D eigenvalue weighted by atomic mass is 10.2. The van der Waals surface area contributed by atoms with Gasteiger partial charge in [0.2, 0.25) is 0 Å². The van der Waals surface area contributed by atoms with E-state index in [1.54, 1.807) is 7.05 Å². The summed E-state index contributed by atoms with van der Waals surface area (Å²) >= 11 is 0. The quantitative estimate of drug-likeness (QED) is 0.389. The normalized spacial score (nSPS) is 18.7. The zero-order valence-electron chi connectivity index (χ0n) is 15.8. The van der Waals surface area contributed by atoms with Gasteiger partial charge in [0, 0.05) is 39.3 Å². The first-order valence-corrected chi connectivity index (χ1v) is 9.34. The topological polar surface area (TPSA) is 48.9 Å². The number of unbranched alkanes of at least 4 members (excludes halogenated alkanes) is 1. The van der Waals surface area contributed by atoms with Gasteiger partial charge in [-0.2, -0.15) is 13.2 Å². The first-order chi connectivity index (χ1) is 13.0. The van der Waals surface area contributed by atoms with Crippen molar-refractivity contribution in [3.63, 3.8) is 0 Å². The molecule has 0 saturated carbocycles. The van der Waals surface area contributed by atoms with Crippen molar-refractivity contribution in [2.24, 2.45) is 4.99 Å². The molecule has 1 aromatic rings. The molecule has 27 heavy (non-hydrogen) atoms. The Labute approximate surface area is 159 Å². The molecule has 0 aliphatic carbocycles. The van der Waals surface area contributed by atoms with Crippen LogP contribution in [0.1, 0.15) is 24.8 Å². The summed E-state index contributed by atoms with van der Waals surface area (Å²) in [5, 5.41) is 6.41. The Bertz CT molecular complexity index is 566. The number of ether oxygens (including phenoxy) is 1. The molecule has 2 N–H and O–H groups in total. The highest BCUT2D eigenvalue weighted by atomic mass is 19.4. The van der Waals surface area contributed by atoms with Gasteiger partial charge in [0.1, 0.15) is 0 Å². The molecule has 1 heterocycles. The van der Waals surface area contributed by atoms with E-state index in [4.69, 9.17) is 4.74 Å². The van der Waals surface area contributed by atoms with Gasteiger partial charge in [-0.1, -0.05) is 30.3 Å². The van der Waals surface area contributed by atoms with E-state index in [-0.39, 0.29) is 6.04 Å². The highest BCUT2D eigenvalue weighted by Crippen LogP contribution is 2.19. The molecule has 2 rings (SSSR count). The van der Waals surface area contributed by atoms with Gasteiger partial charge in [-0.15, -0.1) is 0 Å². The van der Waals surface area contributed by atoms with Crippen molar-refractivity contribution in [3.05, 3.63) is 35.9 Å². The average molecular weight is 386 g/mol. The molecule has 1 aliphatic heterocycles. The van der Waals surface area contributed by atoms with E-state index in [0.29, 0.717) is 38.7 Å². The second kappa shape index (κ2) is 11.1. The van der Waals surface area contributed by atoms with Crippen LogP contribution in [-0.2, 0) is 11.3 Å². The van der Waals surface area contributed by atoms with E-state index in [0.717, 1.165) is 24.9 Å². The SMILES string of the molecule is CN=C(NCCCCOCc1ccccc1)NC1CCN(CC(F)(F)F)C1. The average Bonchev–Trinajstić information content (AvgIpc) is 3.05. The van der Waals surface area contributed by atoms with Crippen LogP contribution in [0.25, 0.3) is 0 Å². The number of halogens is 3. The third-order valence-electron chi connectivity index (χ3n) is 4.36. The Kier molecular flexibility index (Phi) is 8.87. The predicted molar refractivity (Wildman–Crippen MR) is 101 cm³/mol. The first kappa shape index (κ1) is 21.5. The van der Waals surface area contributed by atoms with Crippen molar-refractivity contribution in [1.82, 2.24) is 15.5 Å². The lowest BCUT2D eigenvalue weighted by molar-refractivity contribution is -0.143. The van der Waals surface area contributed by atoms with Crippen LogP contribution >= 0.6 is 0 Å². The summed E-state index contributed by atoms with van der Waals surface area (Å²) in [4.78, 5) is 5.57. The van der Waals surface area contributed by atoms with E-state index in [1.165, 1.54) is 4.90 Å². The minimum Gasteiger partial charge on any atom is -0.377 e. The summed E-state index contributed by atoms with van der Waals surface area (Å²) in [6, 6.07) is 10.0. The molecule has 152 valence electrons. The highest BCUT2D eigenvalue weighted by molar-refractivity contribution is 5.79. The van der Waals surface area contributed by atoms with E-state index in [9.17, 15) is 13.2 Å². The number of hydrogen-bond acceptors (Lipinski definition) is 3. The van der Waals surface area contributed by atoms with Crippen LogP contribution in [0.3, 0.4) is 0 Å². The van der Waals surface area contributed by atoms with Crippen molar-refractivity contribution in [2.45, 2.75) is 38.1 Å². The number of alkyl halides is 3. The highest BCUT2D eigenvalue weighted by Gasteiger charge is 2.34. The van der Waals surface area contributed by atoms with Gasteiger partial charge >= 0.3 is 6.18 Å². The molecular formula is C19H29F3N4O. The predicted octanol–water partition coefficient (Wildman–Crippen LogP) is 2.79. The Balaban J connectivity index is 1.53. The molecule has 1 aliphatic rings. The van der Waals surface area contributed by atoms with Gasteiger partial charge in [0.15, 0.2) is 5.96 Å². The van der Waals surface area contributed by atoms with Crippen molar-refractivity contribution in [1.29, 1.82) is 0 Å². The summed E-state index contributed by atoms with van der Waals surface area (Å²) < 4.78 is 43.0. The molecule has 0 bridgehead atoms. The zero-order valence-corrected chi connectivity index (χ0v) is 15.8. The third-order valence-corrected chi connectivity index (χ3v) is 4.36. The third kappa shape index (κ3) is 9.10. The molecule has 1 saturated heterocycles. The summed E-state index contributed by atoms with van der Waals surface area (Å²) in [5.74, 6) is 0.638. The van der Waals surface area contributed by atoms with Crippen LogP contribution in [0, 0.1) is 0 Å². The smallest absolute Gasteiger partial charge is 0.377 e. The summed E-state index contributed by atoms with van der Waals surface area (Å²) in [6.45, 7) is 2.04. The van der Waals surface area contributed by atoms with Gasteiger partial charge in [0.05, 0.1) is 13.2 Å². The second-order valence-corrected chi connectivity index (χ2v) is 6.72. The molecule has 0 aromatic heterocycles. The van der Waals surface area contributed by atoms with Crippen LogP contribution in [0.5, 0.6) is 0 Å². The number of likely N-dealkylation sites (tertiary alicyclic amines) is 1. The number of nitrogens with one attached hydrogen (secondary N) is 2. The number of aliphatic imine (C=N–C) groups is 1. The maximum absolute atomic E-state index is 12.4. The Morgan fingerprint density at radius 2 is 2.04 bits per heavy atom. The van der Waals surface area contributed by atoms with Crippen molar-refractivity contribution in [3.8, 4) is 0 Å². The van der Waals surface area contributed by atoms with Crippen LogP contribution in [0.4, 0.5) is 13.2 Å². The minimum absolute atomic E-state index is 0.00671. The molecule has 5 nitrogen and oxygen atoms in total. The van der Waals surface area contributed by atoms with E-state index >= 15 is 0 Å². The molecule has 8 heteroatoms. The molecule has 1 unspecified atom stereocenters. The fraction of sp³-hybridized carbons (Fsp3) is 0.632. The fourth-order valence-electron chi connectivity index (χ4n) is 3.04. The van der Waals surface area contributed by atoms with Gasteiger partial charge in [-0.25, -0.2) is 0 Å². The lowest BCUT2D eigenvalue weighted by Gasteiger charge is -2.19. The number of guanidine groups is 1. The Hall–Kier alpha value is -1.80. The van der Waals surface area contributed by atoms with Crippen LogP contribution < -0.4 is 10.6 Å².